The van der Waals surface area contributed by atoms with Gasteiger partial charge in [-0.25, -0.2) is 14.8 Å². The van der Waals surface area contributed by atoms with Gasteiger partial charge in [0.05, 0.1) is 5.69 Å². The Labute approximate surface area is 115 Å². The molecule has 0 aromatic carbocycles. The number of aromatic nitrogens is 2. The molecule has 19 heavy (non-hydrogen) atoms. The molecule has 1 atom stereocenters. The van der Waals surface area contributed by atoms with Crippen molar-refractivity contribution in [3.63, 3.8) is 0 Å². The minimum Gasteiger partial charge on any atom is -0.465 e. The predicted octanol–water partition coefficient (Wildman–Crippen LogP) is 1.58. The van der Waals surface area contributed by atoms with Crippen molar-refractivity contribution in [1.82, 2.24) is 14.9 Å². The van der Waals surface area contributed by atoms with E-state index in [0.717, 1.165) is 17.3 Å². The average molecular weight is 280 g/mol. The molecule has 1 aromatic heterocycles. The molecule has 1 amide bonds. The standard InChI is InChI=1S/C12H16N4O2S/c1-8-10-9(6-19-8)13-7-14-11(10)15-2-4-16(5-3-15)12(17)18/h7-8H,2-6H2,1H3,(H,17,18)/t8-/m0/s1. The van der Waals surface area contributed by atoms with Crippen molar-refractivity contribution >= 4 is 23.7 Å². The van der Waals surface area contributed by atoms with Crippen LogP contribution in [0.4, 0.5) is 10.6 Å². The van der Waals surface area contributed by atoms with Gasteiger partial charge >= 0.3 is 6.09 Å². The Balaban J connectivity index is 1.81. The first kappa shape index (κ1) is 12.5. The molecule has 2 aliphatic rings. The molecule has 0 aliphatic carbocycles. The van der Waals surface area contributed by atoms with Crippen molar-refractivity contribution in [2.24, 2.45) is 0 Å². The van der Waals surface area contributed by atoms with E-state index < -0.39 is 6.09 Å². The van der Waals surface area contributed by atoms with Gasteiger partial charge in [0.1, 0.15) is 12.1 Å². The average Bonchev–Trinajstić information content (AvgIpc) is 2.81. The highest BCUT2D eigenvalue weighted by Crippen LogP contribution is 2.44. The summed E-state index contributed by atoms with van der Waals surface area (Å²) >= 11 is 1.88. The molecule has 0 unspecified atom stereocenters. The highest BCUT2D eigenvalue weighted by molar-refractivity contribution is 7.99. The van der Waals surface area contributed by atoms with Crippen LogP contribution >= 0.6 is 11.8 Å². The quantitative estimate of drug-likeness (QED) is 0.842. The van der Waals surface area contributed by atoms with Crippen LogP contribution in [0.1, 0.15) is 23.4 Å². The maximum atomic E-state index is 10.9. The Morgan fingerprint density at radius 2 is 2.11 bits per heavy atom. The molecule has 3 rings (SSSR count). The molecule has 1 saturated heterocycles. The maximum Gasteiger partial charge on any atom is 0.407 e. The van der Waals surface area contributed by atoms with Crippen LogP contribution in [0, 0.1) is 0 Å². The fourth-order valence-electron chi connectivity index (χ4n) is 2.60. The van der Waals surface area contributed by atoms with Crippen LogP contribution in [0.15, 0.2) is 6.33 Å². The van der Waals surface area contributed by atoms with Gasteiger partial charge in [0.15, 0.2) is 0 Å². The van der Waals surface area contributed by atoms with Gasteiger partial charge in [-0.2, -0.15) is 0 Å². The molecule has 0 radical (unpaired) electrons. The lowest BCUT2D eigenvalue weighted by molar-refractivity contribution is 0.142. The number of piperazine rings is 1. The van der Waals surface area contributed by atoms with E-state index in [-0.39, 0.29) is 0 Å². The van der Waals surface area contributed by atoms with E-state index in [1.54, 1.807) is 6.33 Å². The van der Waals surface area contributed by atoms with Gasteiger partial charge in [0.2, 0.25) is 0 Å². The largest absolute Gasteiger partial charge is 0.465 e. The molecule has 1 fully saturated rings. The summed E-state index contributed by atoms with van der Waals surface area (Å²) in [6.45, 7) is 4.66. The van der Waals surface area contributed by atoms with E-state index in [0.29, 0.717) is 31.4 Å². The van der Waals surface area contributed by atoms with E-state index in [1.165, 1.54) is 10.5 Å². The Morgan fingerprint density at radius 3 is 2.79 bits per heavy atom. The van der Waals surface area contributed by atoms with Crippen molar-refractivity contribution in [3.8, 4) is 0 Å². The smallest absolute Gasteiger partial charge is 0.407 e. The third-order valence-corrected chi connectivity index (χ3v) is 4.85. The number of anilines is 1. The van der Waals surface area contributed by atoms with Crippen molar-refractivity contribution in [2.45, 2.75) is 17.9 Å². The summed E-state index contributed by atoms with van der Waals surface area (Å²) in [7, 11) is 0. The van der Waals surface area contributed by atoms with E-state index in [2.05, 4.69) is 21.8 Å². The first-order chi connectivity index (χ1) is 9.16. The van der Waals surface area contributed by atoms with Gasteiger partial charge in [0, 0.05) is 42.7 Å². The summed E-state index contributed by atoms with van der Waals surface area (Å²) in [4.78, 5) is 23.3. The highest BCUT2D eigenvalue weighted by atomic mass is 32.2. The van der Waals surface area contributed by atoms with Crippen molar-refractivity contribution in [1.29, 1.82) is 0 Å². The van der Waals surface area contributed by atoms with E-state index >= 15 is 0 Å². The lowest BCUT2D eigenvalue weighted by Gasteiger charge is -2.34. The van der Waals surface area contributed by atoms with E-state index in [9.17, 15) is 4.79 Å². The predicted molar refractivity (Wildman–Crippen MR) is 73.6 cm³/mol. The van der Waals surface area contributed by atoms with Gasteiger partial charge in [0.25, 0.3) is 0 Å². The van der Waals surface area contributed by atoms with Crippen LogP contribution in [0.2, 0.25) is 0 Å². The minimum absolute atomic E-state index is 0.420. The topological polar surface area (TPSA) is 69.6 Å². The molecule has 6 nitrogen and oxygen atoms in total. The summed E-state index contributed by atoms with van der Waals surface area (Å²) < 4.78 is 0. The summed E-state index contributed by atoms with van der Waals surface area (Å²) in [5, 5.41) is 9.39. The third-order valence-electron chi connectivity index (χ3n) is 3.67. The van der Waals surface area contributed by atoms with Crippen LogP contribution in [-0.4, -0.2) is 52.2 Å². The highest BCUT2D eigenvalue weighted by Gasteiger charge is 2.29. The van der Waals surface area contributed by atoms with Gasteiger partial charge in [-0.15, -0.1) is 11.8 Å². The number of carboxylic acid groups (broad SMARTS) is 1. The Hall–Kier alpha value is -1.50. The first-order valence-corrected chi connectivity index (χ1v) is 7.40. The number of rotatable bonds is 1. The lowest BCUT2D eigenvalue weighted by atomic mass is 10.1. The fourth-order valence-corrected chi connectivity index (χ4v) is 3.65. The van der Waals surface area contributed by atoms with Crippen LogP contribution in [-0.2, 0) is 5.75 Å². The normalized spacial score (nSPS) is 22.5. The third kappa shape index (κ3) is 2.22. The van der Waals surface area contributed by atoms with Crippen LogP contribution in [0.3, 0.4) is 0 Å². The lowest BCUT2D eigenvalue weighted by Crippen LogP contribution is -2.48. The Bertz CT molecular complexity index is 503. The van der Waals surface area contributed by atoms with Crippen LogP contribution in [0.25, 0.3) is 0 Å². The van der Waals surface area contributed by atoms with Crippen molar-refractivity contribution < 1.29 is 9.90 Å². The molecule has 0 saturated carbocycles. The number of fused-ring (bicyclic) bond motifs is 1. The van der Waals surface area contributed by atoms with Crippen LogP contribution < -0.4 is 4.90 Å². The van der Waals surface area contributed by atoms with Gasteiger partial charge in [-0.1, -0.05) is 0 Å². The summed E-state index contributed by atoms with van der Waals surface area (Å²) in [5.41, 5.74) is 2.36. The zero-order valence-electron chi connectivity index (χ0n) is 10.7. The van der Waals surface area contributed by atoms with Crippen LogP contribution in [0.5, 0.6) is 0 Å². The minimum atomic E-state index is -0.837. The van der Waals surface area contributed by atoms with Gasteiger partial charge in [-0.3, -0.25) is 0 Å². The Morgan fingerprint density at radius 1 is 1.37 bits per heavy atom. The van der Waals surface area contributed by atoms with Crippen molar-refractivity contribution in [2.75, 3.05) is 31.1 Å². The summed E-state index contributed by atoms with van der Waals surface area (Å²) in [5.74, 6) is 1.94. The SMILES string of the molecule is C[C@@H]1SCc2ncnc(N3CCN(C(=O)O)CC3)c21. The molecule has 1 N–H and O–H groups in total. The molecule has 1 aromatic rings. The number of nitrogens with zero attached hydrogens (tertiary/aromatic N) is 4. The molecular weight excluding hydrogens is 264 g/mol. The summed E-state index contributed by atoms with van der Waals surface area (Å²) in [6, 6.07) is 0. The zero-order valence-corrected chi connectivity index (χ0v) is 11.6. The molecule has 0 spiro atoms. The second kappa shape index (κ2) is 4.88. The molecular formula is C12H16N4O2S. The first-order valence-electron chi connectivity index (χ1n) is 6.35. The summed E-state index contributed by atoms with van der Waals surface area (Å²) in [6.07, 6.45) is 0.785. The molecule has 102 valence electrons. The zero-order chi connectivity index (χ0) is 13.4. The molecule has 3 heterocycles. The molecule has 7 heteroatoms. The molecule has 2 aliphatic heterocycles. The Kier molecular flexibility index (Phi) is 3.22. The number of amides is 1. The van der Waals surface area contributed by atoms with E-state index in [1.807, 2.05) is 11.8 Å². The van der Waals surface area contributed by atoms with Gasteiger partial charge in [-0.05, 0) is 6.92 Å². The molecule has 0 bridgehead atoms. The number of carbonyl (C=O) groups is 1. The monoisotopic (exact) mass is 280 g/mol. The number of hydrogen-bond acceptors (Lipinski definition) is 5. The number of thioether (sulfide) groups is 1. The maximum absolute atomic E-state index is 10.9. The fraction of sp³-hybridized carbons (Fsp3) is 0.583. The van der Waals surface area contributed by atoms with E-state index in [4.69, 9.17) is 5.11 Å². The van der Waals surface area contributed by atoms with Crippen molar-refractivity contribution in [3.05, 3.63) is 17.6 Å². The second-order valence-electron chi connectivity index (χ2n) is 4.77. The second-order valence-corrected chi connectivity index (χ2v) is 6.10. The number of hydrogen-bond donors (Lipinski definition) is 1. The van der Waals surface area contributed by atoms with Gasteiger partial charge < -0.3 is 14.9 Å².